The number of carbonyl (C=O) groups excluding carboxylic acids is 3. The molecule has 4 N–H and O–H groups in total. The van der Waals surface area contributed by atoms with Crippen molar-refractivity contribution < 1.29 is 61.7 Å². The van der Waals surface area contributed by atoms with E-state index in [2.05, 4.69) is 10.6 Å². The van der Waals surface area contributed by atoms with Gasteiger partial charge < -0.3 is 44.3 Å². The smallest absolute Gasteiger partial charge is 0.456 e. The number of aliphatic hydroxyl groups is 1. The summed E-state index contributed by atoms with van der Waals surface area (Å²) < 4.78 is 50.4. The van der Waals surface area contributed by atoms with E-state index in [1.807, 2.05) is 0 Å². The predicted octanol–water partition coefficient (Wildman–Crippen LogP) is 4.44. The maximum Gasteiger partial charge on any atom is 0.472 e. The number of unbranched alkanes of at least 4 members (excludes halogenated alkanes) is 3. The number of phosphoric ester groups is 1. The molecule has 3 aromatic rings. The molecule has 54 heavy (non-hydrogen) atoms. The van der Waals surface area contributed by atoms with Gasteiger partial charge in [0.25, 0.3) is 0 Å². The number of aliphatic hydroxyl groups excluding tert-OH is 1. The molecule has 288 valence electrons. The highest BCUT2D eigenvalue weighted by Crippen LogP contribution is 2.57. The Kier molecular flexibility index (Phi) is 13.5. The third-order valence-electron chi connectivity index (χ3n) is 8.46. The van der Waals surface area contributed by atoms with Crippen molar-refractivity contribution in [2.24, 2.45) is 0 Å². The molecule has 15 nitrogen and oxygen atoms in total. The van der Waals surface area contributed by atoms with Gasteiger partial charge in [0.1, 0.15) is 36.9 Å². The lowest BCUT2D eigenvalue weighted by atomic mass is 9.77. The number of hydrogen-bond acceptors (Lipinski definition) is 13. The van der Waals surface area contributed by atoms with Crippen LogP contribution in [0.1, 0.15) is 73.5 Å². The second-order valence-corrected chi connectivity index (χ2v) is 14.4. The summed E-state index contributed by atoms with van der Waals surface area (Å²) in [6.07, 6.45) is 1.24. The Morgan fingerprint density at radius 3 is 2.13 bits per heavy atom. The molecule has 3 unspecified atom stereocenters. The molecule has 0 bridgehead atoms. The van der Waals surface area contributed by atoms with Crippen molar-refractivity contribution in [3.8, 4) is 23.0 Å². The number of rotatable bonds is 17. The van der Waals surface area contributed by atoms with E-state index in [0.29, 0.717) is 52.5 Å². The summed E-state index contributed by atoms with van der Waals surface area (Å²) in [5.74, 6) is -0.589. The average Bonchev–Trinajstić information content (AvgIpc) is 3.38. The molecule has 0 saturated heterocycles. The normalized spacial score (nSPS) is 15.7. The minimum absolute atomic E-state index is 0.0338. The van der Waals surface area contributed by atoms with Crippen molar-refractivity contribution in [1.29, 1.82) is 0 Å². The number of benzene rings is 3. The zero-order valence-corrected chi connectivity index (χ0v) is 32.0. The number of thiocarbonyl (C=S) groups is 1. The molecule has 2 aliphatic rings. The van der Waals surface area contributed by atoms with Crippen molar-refractivity contribution in [2.45, 2.75) is 64.3 Å². The fourth-order valence-electron chi connectivity index (χ4n) is 6.11. The fourth-order valence-corrected chi connectivity index (χ4v) is 7.10. The van der Waals surface area contributed by atoms with E-state index in [1.165, 1.54) is 32.9 Å². The molecule has 18 heteroatoms. The van der Waals surface area contributed by atoms with Gasteiger partial charge in [0, 0.05) is 61.4 Å². The number of esters is 3. The number of nitrogens with one attached hydrogen (secondary N) is 2. The second kappa shape index (κ2) is 17.9. The molecule has 3 aromatic carbocycles. The van der Waals surface area contributed by atoms with Gasteiger partial charge >= 0.3 is 25.7 Å². The summed E-state index contributed by atoms with van der Waals surface area (Å²) in [5, 5.41) is 16.3. The first-order chi connectivity index (χ1) is 25.7. The maximum atomic E-state index is 13.6. The van der Waals surface area contributed by atoms with Gasteiger partial charge in [-0.15, -0.1) is 0 Å². The Hall–Kier alpha value is -4.35. The van der Waals surface area contributed by atoms with Crippen LogP contribution in [0.4, 0.5) is 5.69 Å². The minimum atomic E-state index is -4.27. The number of ether oxygens (including phenoxy) is 5. The van der Waals surface area contributed by atoms with Crippen molar-refractivity contribution in [2.75, 3.05) is 31.6 Å². The molecule has 1 spiro atoms. The summed E-state index contributed by atoms with van der Waals surface area (Å²) in [6, 6.07) is 14.8. The Labute approximate surface area is 318 Å². The Balaban J connectivity index is 1.18. The van der Waals surface area contributed by atoms with Gasteiger partial charge in [0.15, 0.2) is 10.7 Å². The van der Waals surface area contributed by atoms with Crippen LogP contribution in [0.2, 0.25) is 0 Å². The molecule has 2 aliphatic heterocycles. The van der Waals surface area contributed by atoms with E-state index < -0.39 is 43.5 Å². The van der Waals surface area contributed by atoms with Crippen LogP contribution >= 0.6 is 20.0 Å². The highest BCUT2D eigenvalue weighted by Gasteiger charge is 2.53. The van der Waals surface area contributed by atoms with E-state index in [4.69, 9.17) is 44.9 Å². The van der Waals surface area contributed by atoms with E-state index in [0.717, 1.165) is 19.3 Å². The summed E-state index contributed by atoms with van der Waals surface area (Å²) >= 11 is 5.49. The third-order valence-corrected chi connectivity index (χ3v) is 9.69. The zero-order valence-electron chi connectivity index (χ0n) is 30.2. The van der Waals surface area contributed by atoms with E-state index in [-0.39, 0.29) is 36.2 Å². The standard InChI is InChI=1S/C36H42BN2O13PS/c1-21(40)33(46-20-37)19-48-53(44,45)47-15-7-5-4-6-14-38-35(54)39-24-8-11-28-27(16-24)34(43)52-36(28)29-12-9-25(49-22(2)41)17-31(29)51-32-18-26(50-23(3)42)10-13-30(32)36/h8-13,16-18,21,33,40H,4-7,14-15,19-20,37H2,1-3H3,(H,44,45)(H2,38,39,54). The molecule has 2 heterocycles. The molecule has 0 fully saturated rings. The van der Waals surface area contributed by atoms with Gasteiger partial charge in [0.05, 0.1) is 24.9 Å². The van der Waals surface area contributed by atoms with Crippen LogP contribution in [-0.4, -0.2) is 79.3 Å². The van der Waals surface area contributed by atoms with Crippen LogP contribution in [0.5, 0.6) is 23.0 Å². The molecule has 0 aliphatic carbocycles. The molecular formula is C36H42BN2O13PS. The SMILES string of the molecule is BCOC(COP(=O)(O)OCCCCCCNC(=S)Nc1ccc2c(c1)C(=O)OC21c2ccc(OC(C)=O)cc2Oc2cc(OC(C)=O)ccc21)C(C)O. The maximum absolute atomic E-state index is 13.6. The van der Waals surface area contributed by atoms with E-state index in [9.17, 15) is 28.9 Å². The van der Waals surface area contributed by atoms with Gasteiger partial charge in [-0.25, -0.2) is 9.36 Å². The second-order valence-electron chi connectivity index (χ2n) is 12.6. The van der Waals surface area contributed by atoms with Gasteiger partial charge in [-0.05, 0) is 68.4 Å². The van der Waals surface area contributed by atoms with Crippen molar-refractivity contribution in [3.05, 3.63) is 76.9 Å². The minimum Gasteiger partial charge on any atom is -0.456 e. The average molecular weight is 785 g/mol. The van der Waals surface area contributed by atoms with Gasteiger partial charge in [0.2, 0.25) is 0 Å². The van der Waals surface area contributed by atoms with Gasteiger partial charge in [-0.2, -0.15) is 0 Å². The fraction of sp³-hybridized carbons (Fsp3) is 0.389. The van der Waals surface area contributed by atoms with Gasteiger partial charge in [-0.1, -0.05) is 18.9 Å². The van der Waals surface area contributed by atoms with E-state index >= 15 is 0 Å². The number of carbonyl (C=O) groups is 3. The van der Waals surface area contributed by atoms with Crippen molar-refractivity contribution >= 4 is 56.6 Å². The zero-order chi connectivity index (χ0) is 39.0. The van der Waals surface area contributed by atoms with Gasteiger partial charge in [-0.3, -0.25) is 18.6 Å². The van der Waals surface area contributed by atoms with Crippen LogP contribution in [0, 0.1) is 0 Å². The first-order valence-electron chi connectivity index (χ1n) is 17.4. The highest BCUT2D eigenvalue weighted by molar-refractivity contribution is 7.80. The van der Waals surface area contributed by atoms with Crippen LogP contribution < -0.4 is 24.8 Å². The first kappa shape index (κ1) is 40.8. The number of fused-ring (bicyclic) bond motifs is 6. The molecule has 3 atom stereocenters. The van der Waals surface area contributed by atoms with E-state index in [1.54, 1.807) is 50.3 Å². The predicted molar refractivity (Wildman–Crippen MR) is 202 cm³/mol. The summed E-state index contributed by atoms with van der Waals surface area (Å²) in [4.78, 5) is 46.8. The number of phosphoric acid groups is 1. The number of hydrogen-bond donors (Lipinski definition) is 4. The Morgan fingerprint density at radius 2 is 1.54 bits per heavy atom. The molecule has 0 aromatic heterocycles. The lowest BCUT2D eigenvalue weighted by Crippen LogP contribution is -2.33. The quantitative estimate of drug-likeness (QED) is 0.0374. The molecule has 0 saturated carbocycles. The molecule has 5 rings (SSSR count). The van der Waals surface area contributed by atoms with Crippen LogP contribution in [0.15, 0.2) is 54.6 Å². The van der Waals surface area contributed by atoms with Crippen molar-refractivity contribution in [1.82, 2.24) is 5.32 Å². The van der Waals surface area contributed by atoms with Crippen LogP contribution in [0.3, 0.4) is 0 Å². The topological polar surface area (TPSA) is 197 Å². The highest BCUT2D eigenvalue weighted by atomic mass is 32.1. The third kappa shape index (κ3) is 9.84. The molecule has 0 radical (unpaired) electrons. The van der Waals surface area contributed by atoms with Crippen LogP contribution in [0.25, 0.3) is 0 Å². The largest absolute Gasteiger partial charge is 0.472 e. The lowest BCUT2D eigenvalue weighted by molar-refractivity contribution is -0.132. The number of anilines is 1. The lowest BCUT2D eigenvalue weighted by Gasteiger charge is -2.36. The molecule has 0 amide bonds. The van der Waals surface area contributed by atoms with Crippen molar-refractivity contribution in [3.63, 3.8) is 0 Å². The monoisotopic (exact) mass is 784 g/mol. The van der Waals surface area contributed by atoms with Crippen LogP contribution in [-0.2, 0) is 38.3 Å². The first-order valence-corrected chi connectivity index (χ1v) is 19.3. The molecular weight excluding hydrogens is 742 g/mol. The Morgan fingerprint density at radius 1 is 0.926 bits per heavy atom. The Bertz CT molecular complexity index is 1880. The summed E-state index contributed by atoms with van der Waals surface area (Å²) in [6.45, 7) is 4.72. The summed E-state index contributed by atoms with van der Waals surface area (Å²) in [7, 11) is -2.52. The summed E-state index contributed by atoms with van der Waals surface area (Å²) in [5.41, 5.74) is 0.984.